The molecule has 0 aromatic rings. The Labute approximate surface area is 172 Å². The van der Waals surface area contributed by atoms with Gasteiger partial charge in [-0.2, -0.15) is 0 Å². The van der Waals surface area contributed by atoms with Gasteiger partial charge in [-0.3, -0.25) is 4.90 Å². The number of allylic oxidation sites excluding steroid dienone is 2. The summed E-state index contributed by atoms with van der Waals surface area (Å²) in [5.41, 5.74) is 2.34. The number of likely N-dealkylation sites (tertiary alicyclic amines) is 1. The molecule has 1 aliphatic heterocycles. The molecule has 1 heterocycles. The van der Waals surface area contributed by atoms with Gasteiger partial charge in [0.15, 0.2) is 0 Å². The van der Waals surface area contributed by atoms with E-state index in [1.807, 2.05) is 0 Å². The number of ether oxygens (including phenoxy) is 1. The van der Waals surface area contributed by atoms with Gasteiger partial charge in [-0.25, -0.2) is 4.79 Å². The number of hydrogen-bond acceptors (Lipinski definition) is 3. The Balaban J connectivity index is 1.35. The molecule has 3 heteroatoms. The number of rotatable bonds is 9. The third kappa shape index (κ3) is 6.47. The Bertz CT molecular complexity index is 539. The Morgan fingerprint density at radius 1 is 1.14 bits per heavy atom. The lowest BCUT2D eigenvalue weighted by atomic mass is 9.76. The predicted molar refractivity (Wildman–Crippen MR) is 116 cm³/mol. The molecule has 0 aromatic heterocycles. The quantitative estimate of drug-likeness (QED) is 0.209. The summed E-state index contributed by atoms with van der Waals surface area (Å²) in [4.78, 5) is 14.7. The molecule has 0 bridgehead atoms. The van der Waals surface area contributed by atoms with Crippen LogP contribution in [0.15, 0.2) is 23.8 Å². The Hall–Kier alpha value is -1.09. The summed E-state index contributed by atoms with van der Waals surface area (Å²) in [5.74, 6) is 1.50. The molecule has 3 nitrogen and oxygen atoms in total. The normalized spacial score (nSPS) is 28.8. The summed E-state index contributed by atoms with van der Waals surface area (Å²) >= 11 is 0. The second-order valence-corrected chi connectivity index (χ2v) is 9.38. The van der Waals surface area contributed by atoms with Crippen LogP contribution in [0.25, 0.3) is 0 Å². The van der Waals surface area contributed by atoms with Gasteiger partial charge >= 0.3 is 5.97 Å². The highest BCUT2D eigenvalue weighted by atomic mass is 16.5. The fraction of sp³-hybridized carbons (Fsp3) is 0.800. The number of nitrogens with zero attached hydrogens (tertiary/aromatic N) is 1. The van der Waals surface area contributed by atoms with E-state index in [0.29, 0.717) is 12.1 Å². The molecular weight excluding hydrogens is 346 g/mol. The first-order valence-electron chi connectivity index (χ1n) is 12.0. The van der Waals surface area contributed by atoms with Crippen LogP contribution in [0.5, 0.6) is 0 Å². The highest BCUT2D eigenvalue weighted by Gasteiger charge is 2.28. The lowest BCUT2D eigenvalue weighted by Crippen LogP contribution is -2.29. The predicted octanol–water partition coefficient (Wildman–Crippen LogP) is 6.05. The average Bonchev–Trinajstić information content (AvgIpc) is 3.22. The zero-order valence-corrected chi connectivity index (χ0v) is 18.1. The number of carbonyl (C=O) groups excluding carboxylic acids is 1. The molecule has 1 saturated carbocycles. The molecule has 0 spiro atoms. The van der Waals surface area contributed by atoms with Crippen molar-refractivity contribution in [2.75, 3.05) is 19.6 Å². The van der Waals surface area contributed by atoms with Crippen LogP contribution in [0.3, 0.4) is 0 Å². The van der Waals surface area contributed by atoms with Crippen LogP contribution in [-0.2, 0) is 9.53 Å². The summed E-state index contributed by atoms with van der Waals surface area (Å²) in [6, 6.07) is 0. The fourth-order valence-corrected chi connectivity index (χ4v) is 5.29. The van der Waals surface area contributed by atoms with Crippen molar-refractivity contribution in [1.29, 1.82) is 0 Å². The molecule has 1 saturated heterocycles. The minimum atomic E-state index is -0.165. The van der Waals surface area contributed by atoms with Gasteiger partial charge in [-0.15, -0.1) is 0 Å². The van der Waals surface area contributed by atoms with Gasteiger partial charge in [0.1, 0.15) is 6.10 Å². The number of hydrogen-bond donors (Lipinski definition) is 0. The van der Waals surface area contributed by atoms with Crippen molar-refractivity contribution in [3.63, 3.8) is 0 Å². The van der Waals surface area contributed by atoms with Crippen LogP contribution in [0.2, 0.25) is 0 Å². The summed E-state index contributed by atoms with van der Waals surface area (Å²) < 4.78 is 5.79. The van der Waals surface area contributed by atoms with Crippen LogP contribution >= 0.6 is 0 Å². The monoisotopic (exact) mass is 387 g/mol. The van der Waals surface area contributed by atoms with Gasteiger partial charge in [0.05, 0.1) is 0 Å². The SMILES string of the molecule is C=C(CN1CCCC1)C(=O)OC1CCC(C2=CCC(CCCCC)CC2)CC1. The zero-order valence-electron chi connectivity index (χ0n) is 18.1. The van der Waals surface area contributed by atoms with Gasteiger partial charge in [-0.1, -0.05) is 50.8 Å². The lowest BCUT2D eigenvalue weighted by Gasteiger charge is -2.33. The van der Waals surface area contributed by atoms with Crippen molar-refractivity contribution in [3.05, 3.63) is 23.8 Å². The van der Waals surface area contributed by atoms with E-state index in [1.165, 1.54) is 70.6 Å². The molecule has 0 N–H and O–H groups in total. The van der Waals surface area contributed by atoms with Crippen molar-refractivity contribution in [2.24, 2.45) is 11.8 Å². The number of carbonyl (C=O) groups is 1. The first-order chi connectivity index (χ1) is 13.7. The molecule has 2 fully saturated rings. The summed E-state index contributed by atoms with van der Waals surface area (Å²) in [5, 5.41) is 0. The van der Waals surface area contributed by atoms with Gasteiger partial charge in [0.2, 0.25) is 0 Å². The highest BCUT2D eigenvalue weighted by Crippen LogP contribution is 2.38. The van der Waals surface area contributed by atoms with Crippen LogP contribution in [-0.4, -0.2) is 36.6 Å². The molecule has 2 aliphatic carbocycles. The van der Waals surface area contributed by atoms with Crippen molar-refractivity contribution in [2.45, 2.75) is 96.5 Å². The summed E-state index contributed by atoms with van der Waals surface area (Å²) in [6.45, 7) is 9.13. The van der Waals surface area contributed by atoms with E-state index in [2.05, 4.69) is 24.5 Å². The molecule has 1 atom stereocenters. The van der Waals surface area contributed by atoms with E-state index < -0.39 is 0 Å². The van der Waals surface area contributed by atoms with E-state index in [0.717, 1.165) is 37.8 Å². The Morgan fingerprint density at radius 2 is 1.89 bits per heavy atom. The van der Waals surface area contributed by atoms with Gasteiger partial charge in [0, 0.05) is 12.1 Å². The summed E-state index contributed by atoms with van der Waals surface area (Å²) in [6.07, 6.45) is 19.1. The van der Waals surface area contributed by atoms with Crippen molar-refractivity contribution < 1.29 is 9.53 Å². The highest BCUT2D eigenvalue weighted by molar-refractivity contribution is 5.88. The van der Waals surface area contributed by atoms with E-state index >= 15 is 0 Å². The molecule has 0 radical (unpaired) electrons. The smallest absolute Gasteiger partial charge is 0.334 e. The number of esters is 1. The van der Waals surface area contributed by atoms with Crippen molar-refractivity contribution in [1.82, 2.24) is 4.90 Å². The maximum Gasteiger partial charge on any atom is 0.334 e. The van der Waals surface area contributed by atoms with Gasteiger partial charge in [0.25, 0.3) is 0 Å². The zero-order chi connectivity index (χ0) is 19.8. The topological polar surface area (TPSA) is 29.5 Å². The van der Waals surface area contributed by atoms with E-state index in [-0.39, 0.29) is 12.1 Å². The first-order valence-corrected chi connectivity index (χ1v) is 12.0. The Morgan fingerprint density at radius 3 is 2.54 bits per heavy atom. The third-order valence-corrected chi connectivity index (χ3v) is 7.14. The largest absolute Gasteiger partial charge is 0.459 e. The van der Waals surface area contributed by atoms with Crippen LogP contribution in [0.1, 0.15) is 90.4 Å². The van der Waals surface area contributed by atoms with Crippen molar-refractivity contribution >= 4 is 5.97 Å². The second kappa shape index (κ2) is 11.2. The van der Waals surface area contributed by atoms with E-state index in [4.69, 9.17) is 4.74 Å². The molecule has 158 valence electrons. The van der Waals surface area contributed by atoms with Crippen LogP contribution in [0.4, 0.5) is 0 Å². The molecule has 1 unspecified atom stereocenters. The molecule has 0 amide bonds. The summed E-state index contributed by atoms with van der Waals surface area (Å²) in [7, 11) is 0. The van der Waals surface area contributed by atoms with Crippen molar-refractivity contribution in [3.8, 4) is 0 Å². The minimum Gasteiger partial charge on any atom is -0.459 e. The maximum absolute atomic E-state index is 12.4. The molecular formula is C25H41NO2. The van der Waals surface area contributed by atoms with E-state index in [1.54, 1.807) is 5.57 Å². The van der Waals surface area contributed by atoms with E-state index in [9.17, 15) is 4.79 Å². The van der Waals surface area contributed by atoms with Gasteiger partial charge < -0.3 is 4.74 Å². The lowest BCUT2D eigenvalue weighted by molar-refractivity contribution is -0.146. The first kappa shape index (κ1) is 21.6. The fourth-order valence-electron chi connectivity index (χ4n) is 5.29. The standard InChI is InChI=1S/C25H41NO2/c1-3-4-5-8-21-9-11-22(12-10-21)23-13-15-24(16-14-23)28-25(27)20(2)19-26-17-6-7-18-26/h11,21,23-24H,2-10,12-19H2,1H3. The molecule has 3 rings (SSSR count). The second-order valence-electron chi connectivity index (χ2n) is 9.38. The molecule has 0 aromatic carbocycles. The average molecular weight is 388 g/mol. The van der Waals surface area contributed by atoms with Crippen LogP contribution in [0, 0.1) is 11.8 Å². The maximum atomic E-state index is 12.4. The molecule has 3 aliphatic rings. The van der Waals surface area contributed by atoms with Gasteiger partial charge in [-0.05, 0) is 82.7 Å². The molecule has 28 heavy (non-hydrogen) atoms. The third-order valence-electron chi connectivity index (χ3n) is 7.14. The van der Waals surface area contributed by atoms with Crippen LogP contribution < -0.4 is 0 Å². The minimum absolute atomic E-state index is 0.102. The number of unbranched alkanes of at least 4 members (excludes halogenated alkanes) is 2. The Kier molecular flexibility index (Phi) is 8.64.